The maximum absolute atomic E-state index is 12.1. The molecule has 102 valence electrons. The summed E-state index contributed by atoms with van der Waals surface area (Å²) in [6, 6.07) is 0. The molecule has 1 N–H and O–H groups in total. The van der Waals surface area contributed by atoms with E-state index < -0.39 is 6.10 Å². The summed E-state index contributed by atoms with van der Waals surface area (Å²) >= 11 is 0. The summed E-state index contributed by atoms with van der Waals surface area (Å²) in [5.41, 5.74) is 2.31. The van der Waals surface area contributed by atoms with E-state index in [1.807, 2.05) is 20.8 Å². The summed E-state index contributed by atoms with van der Waals surface area (Å²) in [5, 5.41) is 10.3. The molecular formula is C15H18O4. The van der Waals surface area contributed by atoms with Crippen LogP contribution in [0, 0.1) is 17.8 Å². The second kappa shape index (κ2) is 4.04. The Kier molecular flexibility index (Phi) is 2.68. The number of hydrogen-bond donors (Lipinski definition) is 1. The van der Waals surface area contributed by atoms with Crippen molar-refractivity contribution in [2.24, 2.45) is 17.8 Å². The summed E-state index contributed by atoms with van der Waals surface area (Å²) in [6.07, 6.45) is 1.14. The first-order valence-electron chi connectivity index (χ1n) is 6.73. The molecule has 5 atom stereocenters. The van der Waals surface area contributed by atoms with Gasteiger partial charge in [0.2, 0.25) is 0 Å². The van der Waals surface area contributed by atoms with E-state index in [4.69, 9.17) is 4.74 Å². The van der Waals surface area contributed by atoms with Crippen LogP contribution in [0.25, 0.3) is 0 Å². The molecule has 4 nitrogen and oxygen atoms in total. The number of allylic oxidation sites excluding steroid dienone is 1. The second-order valence-corrected chi connectivity index (χ2v) is 5.93. The summed E-state index contributed by atoms with van der Waals surface area (Å²) in [4.78, 5) is 23.9. The standard InChI is InChI=1S/C15H18O4/c1-6-4-11(17)13-8(3)10(16)5-9-7(2)15(18)19-14(9)12(6)13/h4,7,9-10,12,14,16H,5H2,1-3H3/t7-,9-,10+,12-,14-/m0/s1. The fourth-order valence-electron chi connectivity index (χ4n) is 3.67. The molecule has 0 radical (unpaired) electrons. The van der Waals surface area contributed by atoms with Crippen molar-refractivity contribution in [3.8, 4) is 0 Å². The molecule has 4 heteroatoms. The molecule has 0 amide bonds. The number of rotatable bonds is 0. The Balaban J connectivity index is 2.11. The van der Waals surface area contributed by atoms with Gasteiger partial charge < -0.3 is 9.84 Å². The van der Waals surface area contributed by atoms with Gasteiger partial charge in [-0.05, 0) is 31.9 Å². The number of carbonyl (C=O) groups excluding carboxylic acids is 2. The zero-order valence-electron chi connectivity index (χ0n) is 11.3. The Bertz CT molecular complexity index is 528. The molecule has 0 aromatic rings. The SMILES string of the molecule is CC1=CC(=O)C2=C(C)[C@H](O)C[C@@H]3[C@H](OC(=O)[C@H]3C)[C@@H]12. The van der Waals surface area contributed by atoms with Crippen molar-refractivity contribution in [2.45, 2.75) is 39.4 Å². The minimum absolute atomic E-state index is 0.0193. The lowest BCUT2D eigenvalue weighted by Gasteiger charge is -2.24. The first kappa shape index (κ1) is 12.6. The monoisotopic (exact) mass is 262 g/mol. The van der Waals surface area contributed by atoms with Crippen LogP contribution in [0.4, 0.5) is 0 Å². The Morgan fingerprint density at radius 2 is 2.00 bits per heavy atom. The van der Waals surface area contributed by atoms with Crippen molar-refractivity contribution in [3.63, 3.8) is 0 Å². The van der Waals surface area contributed by atoms with Gasteiger partial charge in [0.1, 0.15) is 6.10 Å². The summed E-state index contributed by atoms with van der Waals surface area (Å²) in [7, 11) is 0. The molecule has 0 bridgehead atoms. The number of aliphatic hydroxyl groups is 1. The van der Waals surface area contributed by atoms with Crippen molar-refractivity contribution in [1.29, 1.82) is 0 Å². The van der Waals surface area contributed by atoms with Crippen LogP contribution < -0.4 is 0 Å². The first-order chi connectivity index (χ1) is 8.91. The van der Waals surface area contributed by atoms with Gasteiger partial charge in [-0.15, -0.1) is 0 Å². The van der Waals surface area contributed by atoms with Gasteiger partial charge in [-0.2, -0.15) is 0 Å². The molecule has 1 saturated heterocycles. The van der Waals surface area contributed by atoms with E-state index in [0.29, 0.717) is 12.0 Å². The minimum Gasteiger partial charge on any atom is -0.461 e. The molecular weight excluding hydrogens is 244 g/mol. The Labute approximate surface area is 112 Å². The van der Waals surface area contributed by atoms with Crippen LogP contribution in [0.5, 0.6) is 0 Å². The van der Waals surface area contributed by atoms with Crippen LogP contribution in [-0.4, -0.2) is 29.1 Å². The molecule has 3 rings (SSSR count). The molecule has 1 heterocycles. The highest BCUT2D eigenvalue weighted by atomic mass is 16.6. The summed E-state index contributed by atoms with van der Waals surface area (Å²) < 4.78 is 5.51. The average molecular weight is 262 g/mol. The smallest absolute Gasteiger partial charge is 0.309 e. The Morgan fingerprint density at radius 1 is 1.32 bits per heavy atom. The summed E-state index contributed by atoms with van der Waals surface area (Å²) in [5.74, 6) is -0.656. The fraction of sp³-hybridized carbons (Fsp3) is 0.600. The van der Waals surface area contributed by atoms with E-state index in [-0.39, 0.29) is 35.6 Å². The fourth-order valence-corrected chi connectivity index (χ4v) is 3.67. The normalized spacial score (nSPS) is 41.7. The highest BCUT2D eigenvalue weighted by molar-refractivity contribution is 6.09. The number of esters is 1. The maximum atomic E-state index is 12.1. The predicted molar refractivity (Wildman–Crippen MR) is 68.1 cm³/mol. The highest BCUT2D eigenvalue weighted by Crippen LogP contribution is 2.47. The Hall–Kier alpha value is -1.42. The topological polar surface area (TPSA) is 63.6 Å². The van der Waals surface area contributed by atoms with Crippen LogP contribution in [0.1, 0.15) is 27.2 Å². The molecule has 1 aliphatic heterocycles. The molecule has 2 aliphatic carbocycles. The van der Waals surface area contributed by atoms with Gasteiger partial charge in [-0.3, -0.25) is 9.59 Å². The largest absolute Gasteiger partial charge is 0.461 e. The van der Waals surface area contributed by atoms with Crippen molar-refractivity contribution >= 4 is 11.8 Å². The minimum atomic E-state index is -0.660. The van der Waals surface area contributed by atoms with Gasteiger partial charge >= 0.3 is 5.97 Å². The number of ketones is 1. The maximum Gasteiger partial charge on any atom is 0.309 e. The van der Waals surface area contributed by atoms with E-state index in [9.17, 15) is 14.7 Å². The number of ether oxygens (including phenoxy) is 1. The van der Waals surface area contributed by atoms with E-state index in [1.54, 1.807) is 6.08 Å². The third-order valence-corrected chi connectivity index (χ3v) is 4.86. The van der Waals surface area contributed by atoms with Crippen LogP contribution in [0.15, 0.2) is 22.8 Å². The van der Waals surface area contributed by atoms with Gasteiger partial charge in [0.15, 0.2) is 5.78 Å². The van der Waals surface area contributed by atoms with Crippen molar-refractivity contribution in [1.82, 2.24) is 0 Å². The zero-order valence-corrected chi connectivity index (χ0v) is 11.3. The third kappa shape index (κ3) is 1.62. The van der Waals surface area contributed by atoms with Crippen molar-refractivity contribution in [2.75, 3.05) is 0 Å². The van der Waals surface area contributed by atoms with Crippen LogP contribution >= 0.6 is 0 Å². The first-order valence-corrected chi connectivity index (χ1v) is 6.73. The zero-order chi connectivity index (χ0) is 13.9. The average Bonchev–Trinajstić information content (AvgIpc) is 2.74. The van der Waals surface area contributed by atoms with Crippen LogP contribution in [0.2, 0.25) is 0 Å². The molecule has 0 spiro atoms. The number of aliphatic hydroxyl groups excluding tert-OH is 1. The number of fused-ring (bicyclic) bond motifs is 3. The van der Waals surface area contributed by atoms with Crippen LogP contribution in [-0.2, 0) is 14.3 Å². The van der Waals surface area contributed by atoms with Gasteiger partial charge in [0, 0.05) is 17.4 Å². The number of hydrogen-bond acceptors (Lipinski definition) is 4. The van der Waals surface area contributed by atoms with E-state index in [2.05, 4.69) is 0 Å². The molecule has 3 aliphatic rings. The second-order valence-electron chi connectivity index (χ2n) is 5.93. The van der Waals surface area contributed by atoms with Crippen LogP contribution in [0.3, 0.4) is 0 Å². The molecule has 0 unspecified atom stereocenters. The van der Waals surface area contributed by atoms with Gasteiger partial charge in [-0.25, -0.2) is 0 Å². The lowest BCUT2D eigenvalue weighted by atomic mass is 9.81. The quantitative estimate of drug-likeness (QED) is 0.670. The third-order valence-electron chi connectivity index (χ3n) is 4.86. The predicted octanol–water partition coefficient (Wildman–Crippen LogP) is 1.39. The lowest BCUT2D eigenvalue weighted by Crippen LogP contribution is -2.28. The molecule has 1 fully saturated rings. The van der Waals surface area contributed by atoms with Gasteiger partial charge in [0.25, 0.3) is 0 Å². The van der Waals surface area contributed by atoms with Crippen molar-refractivity contribution in [3.05, 3.63) is 22.8 Å². The molecule has 0 aromatic heterocycles. The molecule has 0 aromatic carbocycles. The van der Waals surface area contributed by atoms with Gasteiger partial charge in [-0.1, -0.05) is 12.5 Å². The molecule has 19 heavy (non-hydrogen) atoms. The summed E-state index contributed by atoms with van der Waals surface area (Å²) in [6.45, 7) is 5.55. The van der Waals surface area contributed by atoms with E-state index >= 15 is 0 Å². The van der Waals surface area contributed by atoms with E-state index in [1.165, 1.54) is 0 Å². The van der Waals surface area contributed by atoms with E-state index in [0.717, 1.165) is 11.1 Å². The molecule has 0 saturated carbocycles. The number of carbonyl (C=O) groups is 2. The lowest BCUT2D eigenvalue weighted by molar-refractivity contribution is -0.144. The highest BCUT2D eigenvalue weighted by Gasteiger charge is 2.52. The van der Waals surface area contributed by atoms with Crippen molar-refractivity contribution < 1.29 is 19.4 Å². The Morgan fingerprint density at radius 3 is 2.68 bits per heavy atom. The van der Waals surface area contributed by atoms with Gasteiger partial charge in [0.05, 0.1) is 12.0 Å².